The highest BCUT2D eigenvalue weighted by Crippen LogP contribution is 2.28. The lowest BCUT2D eigenvalue weighted by Crippen LogP contribution is -2.27. The lowest BCUT2D eigenvalue weighted by Gasteiger charge is -2.20. The minimum absolute atomic E-state index is 0.174. The fraction of sp³-hybridized carbons (Fsp3) is 0.333. The molecule has 0 saturated heterocycles. The van der Waals surface area contributed by atoms with Gasteiger partial charge in [0.05, 0.1) is 25.8 Å². The van der Waals surface area contributed by atoms with Gasteiger partial charge in [0.15, 0.2) is 0 Å². The van der Waals surface area contributed by atoms with Crippen molar-refractivity contribution < 1.29 is 23.8 Å². The summed E-state index contributed by atoms with van der Waals surface area (Å²) in [4.78, 5) is 24.2. The van der Waals surface area contributed by atoms with Crippen LogP contribution in [0.3, 0.4) is 0 Å². The van der Waals surface area contributed by atoms with E-state index in [1.807, 2.05) is 24.3 Å². The van der Waals surface area contributed by atoms with Crippen LogP contribution in [0.25, 0.3) is 0 Å². The molecule has 156 valence electrons. The summed E-state index contributed by atoms with van der Waals surface area (Å²) in [6.07, 6.45) is -0.436. The van der Waals surface area contributed by atoms with E-state index in [0.29, 0.717) is 22.9 Å². The molecule has 0 aliphatic rings. The number of hydrogen-bond acceptors (Lipinski definition) is 5. The molecule has 2 N–H and O–H groups in total. The molecule has 0 aliphatic carbocycles. The summed E-state index contributed by atoms with van der Waals surface area (Å²) in [5.74, 6) is 0.917. The van der Waals surface area contributed by atoms with Crippen LogP contribution >= 0.6 is 15.9 Å². The number of methoxy groups -OCH3 is 1. The number of ether oxygens (including phenoxy) is 3. The molecule has 0 bridgehead atoms. The lowest BCUT2D eigenvalue weighted by atomic mass is 10.2. The van der Waals surface area contributed by atoms with Crippen LogP contribution < -0.4 is 20.1 Å². The maximum absolute atomic E-state index is 12.2. The van der Waals surface area contributed by atoms with Gasteiger partial charge in [0.25, 0.3) is 0 Å². The first-order valence-electron chi connectivity index (χ1n) is 9.02. The third-order valence-electron chi connectivity index (χ3n) is 3.51. The van der Waals surface area contributed by atoms with E-state index in [-0.39, 0.29) is 18.9 Å². The SMILES string of the molecule is COc1ccc(NC(=O)CCOc2cccc(Br)c2)cc1NC(=O)OC(C)(C)C. The number of anilines is 2. The number of halogens is 1. The third-order valence-corrected chi connectivity index (χ3v) is 4.01. The van der Waals surface area contributed by atoms with E-state index in [1.54, 1.807) is 39.0 Å². The molecule has 0 heterocycles. The molecule has 8 heteroatoms. The van der Waals surface area contributed by atoms with Crippen molar-refractivity contribution in [1.29, 1.82) is 0 Å². The van der Waals surface area contributed by atoms with Crippen molar-refractivity contribution in [3.63, 3.8) is 0 Å². The number of nitrogens with one attached hydrogen (secondary N) is 2. The van der Waals surface area contributed by atoms with Crippen molar-refractivity contribution in [2.24, 2.45) is 0 Å². The standard InChI is InChI=1S/C21H25BrN2O5/c1-21(2,3)29-20(26)24-17-13-15(8-9-18(17)27-4)23-19(25)10-11-28-16-7-5-6-14(22)12-16/h5-9,12-13H,10-11H2,1-4H3,(H,23,25)(H,24,26). The normalized spacial score (nSPS) is 10.8. The molecule has 0 atom stereocenters. The summed E-state index contributed by atoms with van der Waals surface area (Å²) in [5, 5.41) is 5.41. The zero-order valence-electron chi connectivity index (χ0n) is 16.9. The van der Waals surface area contributed by atoms with Crippen molar-refractivity contribution in [2.75, 3.05) is 24.4 Å². The van der Waals surface area contributed by atoms with E-state index in [0.717, 1.165) is 4.47 Å². The molecule has 7 nitrogen and oxygen atoms in total. The highest BCUT2D eigenvalue weighted by Gasteiger charge is 2.18. The first-order chi connectivity index (χ1) is 13.7. The minimum Gasteiger partial charge on any atom is -0.495 e. The molecule has 2 rings (SSSR count). The van der Waals surface area contributed by atoms with Gasteiger partial charge in [-0.1, -0.05) is 22.0 Å². The number of rotatable bonds is 7. The van der Waals surface area contributed by atoms with Crippen LogP contribution in [0.4, 0.5) is 16.2 Å². The Morgan fingerprint density at radius 3 is 2.48 bits per heavy atom. The van der Waals surface area contributed by atoms with E-state index in [1.165, 1.54) is 7.11 Å². The van der Waals surface area contributed by atoms with E-state index < -0.39 is 11.7 Å². The molecule has 2 aromatic carbocycles. The van der Waals surface area contributed by atoms with Crippen LogP contribution in [0, 0.1) is 0 Å². The van der Waals surface area contributed by atoms with Crippen LogP contribution in [0.5, 0.6) is 11.5 Å². The highest BCUT2D eigenvalue weighted by molar-refractivity contribution is 9.10. The molecule has 0 aromatic heterocycles. The Morgan fingerprint density at radius 2 is 1.83 bits per heavy atom. The topological polar surface area (TPSA) is 85.9 Å². The summed E-state index contributed by atoms with van der Waals surface area (Å²) >= 11 is 3.37. The predicted octanol–water partition coefficient (Wildman–Crippen LogP) is 5.21. The first kappa shape index (κ1) is 22.5. The van der Waals surface area contributed by atoms with Crippen LogP contribution in [0.15, 0.2) is 46.9 Å². The van der Waals surface area contributed by atoms with Crippen molar-refractivity contribution in [2.45, 2.75) is 32.8 Å². The Bertz CT molecular complexity index is 864. The van der Waals surface area contributed by atoms with Crippen LogP contribution in [-0.4, -0.2) is 31.3 Å². The van der Waals surface area contributed by atoms with Gasteiger partial charge in [-0.2, -0.15) is 0 Å². The van der Waals surface area contributed by atoms with Crippen LogP contribution in [0.1, 0.15) is 27.2 Å². The summed E-state index contributed by atoms with van der Waals surface area (Å²) in [6.45, 7) is 5.56. The van der Waals surface area contributed by atoms with E-state index in [4.69, 9.17) is 14.2 Å². The van der Waals surface area contributed by atoms with Gasteiger partial charge in [0.1, 0.15) is 17.1 Å². The molecule has 0 spiro atoms. The number of amides is 2. The Balaban J connectivity index is 1.94. The Morgan fingerprint density at radius 1 is 1.07 bits per heavy atom. The van der Waals surface area contributed by atoms with E-state index in [2.05, 4.69) is 26.6 Å². The second-order valence-electron chi connectivity index (χ2n) is 7.15. The zero-order valence-corrected chi connectivity index (χ0v) is 18.5. The monoisotopic (exact) mass is 464 g/mol. The molecule has 0 aliphatic heterocycles. The summed E-state index contributed by atoms with van der Waals surface area (Å²) in [7, 11) is 1.49. The fourth-order valence-electron chi connectivity index (χ4n) is 2.34. The Hall–Kier alpha value is -2.74. The van der Waals surface area contributed by atoms with Gasteiger partial charge in [-0.05, 0) is 57.2 Å². The molecular weight excluding hydrogens is 440 g/mol. The van der Waals surface area contributed by atoms with Gasteiger partial charge in [-0.3, -0.25) is 10.1 Å². The predicted molar refractivity (Wildman–Crippen MR) is 116 cm³/mol. The molecular formula is C21H25BrN2O5. The minimum atomic E-state index is -0.627. The average molecular weight is 465 g/mol. The molecule has 29 heavy (non-hydrogen) atoms. The van der Waals surface area contributed by atoms with Gasteiger partial charge in [0, 0.05) is 10.2 Å². The van der Waals surface area contributed by atoms with E-state index >= 15 is 0 Å². The third kappa shape index (κ3) is 8.03. The zero-order chi connectivity index (χ0) is 21.4. The van der Waals surface area contributed by atoms with Crippen molar-refractivity contribution >= 4 is 39.3 Å². The lowest BCUT2D eigenvalue weighted by molar-refractivity contribution is -0.116. The molecule has 2 aromatic rings. The second-order valence-corrected chi connectivity index (χ2v) is 8.06. The maximum Gasteiger partial charge on any atom is 0.412 e. The molecule has 2 amide bonds. The Labute approximate surface area is 178 Å². The average Bonchev–Trinajstić information content (AvgIpc) is 2.60. The number of carbonyl (C=O) groups is 2. The first-order valence-corrected chi connectivity index (χ1v) is 9.82. The fourth-order valence-corrected chi connectivity index (χ4v) is 2.72. The van der Waals surface area contributed by atoms with Crippen LogP contribution in [-0.2, 0) is 9.53 Å². The molecule has 0 unspecified atom stereocenters. The second kappa shape index (κ2) is 10.2. The summed E-state index contributed by atoms with van der Waals surface area (Å²) in [5.41, 5.74) is 0.284. The van der Waals surface area contributed by atoms with Crippen LogP contribution in [0.2, 0.25) is 0 Å². The quantitative estimate of drug-likeness (QED) is 0.586. The smallest absolute Gasteiger partial charge is 0.412 e. The number of hydrogen-bond donors (Lipinski definition) is 2. The number of carbonyl (C=O) groups excluding carboxylic acids is 2. The van der Waals surface area contributed by atoms with Crippen molar-refractivity contribution in [1.82, 2.24) is 0 Å². The van der Waals surface area contributed by atoms with Gasteiger partial charge >= 0.3 is 6.09 Å². The van der Waals surface area contributed by atoms with E-state index in [9.17, 15) is 9.59 Å². The maximum atomic E-state index is 12.2. The van der Waals surface area contributed by atoms with Crippen molar-refractivity contribution in [3.05, 3.63) is 46.9 Å². The Kier molecular flexibility index (Phi) is 7.90. The number of benzene rings is 2. The highest BCUT2D eigenvalue weighted by atomic mass is 79.9. The van der Waals surface area contributed by atoms with Gasteiger partial charge in [0.2, 0.25) is 5.91 Å². The molecule has 0 fully saturated rings. The van der Waals surface area contributed by atoms with Gasteiger partial charge in [-0.15, -0.1) is 0 Å². The largest absolute Gasteiger partial charge is 0.495 e. The summed E-state index contributed by atoms with van der Waals surface area (Å²) in [6, 6.07) is 12.3. The molecule has 0 saturated carbocycles. The van der Waals surface area contributed by atoms with Gasteiger partial charge in [-0.25, -0.2) is 4.79 Å². The van der Waals surface area contributed by atoms with Crippen molar-refractivity contribution in [3.8, 4) is 11.5 Å². The van der Waals surface area contributed by atoms with Gasteiger partial charge < -0.3 is 19.5 Å². The summed E-state index contributed by atoms with van der Waals surface area (Å²) < 4.78 is 17.0. The molecule has 0 radical (unpaired) electrons.